The van der Waals surface area contributed by atoms with Crippen LogP contribution in [0.3, 0.4) is 0 Å². The molecule has 0 radical (unpaired) electrons. The topological polar surface area (TPSA) is 50.2 Å². The zero-order valence-corrected chi connectivity index (χ0v) is 15.5. The maximum atomic E-state index is 13.2. The molecule has 1 saturated carbocycles. The van der Waals surface area contributed by atoms with Gasteiger partial charge < -0.3 is 9.88 Å². The SMILES string of the molecule is Cc1ccccc1CN1CCCC(C(=O)NCC2CC2)(n2ccnc2)C1. The molecule has 4 rings (SSSR count). The minimum absolute atomic E-state index is 0.150. The number of aryl methyl sites for hydroxylation is 1. The quantitative estimate of drug-likeness (QED) is 0.870. The number of carbonyl (C=O) groups is 1. The highest BCUT2D eigenvalue weighted by atomic mass is 16.2. The molecule has 138 valence electrons. The fourth-order valence-corrected chi connectivity index (χ4v) is 4.04. The standard InChI is InChI=1S/C21H28N4O/c1-17-5-2-3-6-19(17)14-24-11-4-9-21(15-24,25-12-10-22-16-25)20(26)23-13-18-7-8-18/h2-3,5-6,10,12,16,18H,4,7-9,11,13-15H2,1H3,(H,23,26). The molecule has 1 N–H and O–H groups in total. The number of hydrogen-bond acceptors (Lipinski definition) is 3. The summed E-state index contributed by atoms with van der Waals surface area (Å²) in [5.41, 5.74) is 2.10. The highest BCUT2D eigenvalue weighted by Gasteiger charge is 2.44. The summed E-state index contributed by atoms with van der Waals surface area (Å²) >= 11 is 0. The molecular weight excluding hydrogens is 324 g/mol. The van der Waals surface area contributed by atoms with Crippen LogP contribution in [0.2, 0.25) is 0 Å². The lowest BCUT2D eigenvalue weighted by Gasteiger charge is -2.42. The number of nitrogens with one attached hydrogen (secondary N) is 1. The molecule has 26 heavy (non-hydrogen) atoms. The maximum absolute atomic E-state index is 13.2. The molecule has 0 bridgehead atoms. The average Bonchev–Trinajstić information content (AvgIpc) is 3.32. The number of aromatic nitrogens is 2. The van der Waals surface area contributed by atoms with Gasteiger partial charge in [-0.2, -0.15) is 0 Å². The number of likely N-dealkylation sites (tertiary alicyclic amines) is 1. The molecule has 1 aliphatic carbocycles. The van der Waals surface area contributed by atoms with Crippen LogP contribution in [0.1, 0.15) is 36.8 Å². The number of carbonyl (C=O) groups excluding carboxylic acids is 1. The summed E-state index contributed by atoms with van der Waals surface area (Å²) in [4.78, 5) is 19.9. The van der Waals surface area contributed by atoms with Crippen molar-refractivity contribution in [1.82, 2.24) is 19.8 Å². The van der Waals surface area contributed by atoms with E-state index >= 15 is 0 Å². The van der Waals surface area contributed by atoms with Crippen molar-refractivity contribution in [1.29, 1.82) is 0 Å². The van der Waals surface area contributed by atoms with Gasteiger partial charge in [-0.05, 0) is 56.2 Å². The lowest BCUT2D eigenvalue weighted by Crippen LogP contribution is -2.58. The summed E-state index contributed by atoms with van der Waals surface area (Å²) < 4.78 is 2.03. The molecule has 1 aliphatic heterocycles. The molecule has 1 saturated heterocycles. The summed E-state index contributed by atoms with van der Waals surface area (Å²) in [5, 5.41) is 3.23. The van der Waals surface area contributed by atoms with Crippen molar-refractivity contribution in [2.45, 2.75) is 44.7 Å². The van der Waals surface area contributed by atoms with Crippen molar-refractivity contribution in [2.24, 2.45) is 5.92 Å². The second-order valence-electron chi connectivity index (χ2n) is 7.90. The first-order chi connectivity index (χ1) is 12.7. The van der Waals surface area contributed by atoms with E-state index in [4.69, 9.17) is 0 Å². The van der Waals surface area contributed by atoms with E-state index in [1.165, 1.54) is 24.0 Å². The predicted octanol–water partition coefficient (Wildman–Crippen LogP) is 2.71. The molecule has 2 aromatic rings. The van der Waals surface area contributed by atoms with Crippen LogP contribution >= 0.6 is 0 Å². The van der Waals surface area contributed by atoms with Crippen molar-refractivity contribution in [3.63, 3.8) is 0 Å². The van der Waals surface area contributed by atoms with Crippen molar-refractivity contribution < 1.29 is 4.79 Å². The second kappa shape index (κ2) is 7.23. The molecule has 2 heterocycles. The second-order valence-corrected chi connectivity index (χ2v) is 7.90. The van der Waals surface area contributed by atoms with E-state index in [1.54, 1.807) is 12.5 Å². The summed E-state index contributed by atoms with van der Waals surface area (Å²) in [6, 6.07) is 8.52. The lowest BCUT2D eigenvalue weighted by molar-refractivity contribution is -0.133. The molecule has 0 spiro atoms. The molecule has 1 aromatic carbocycles. The van der Waals surface area contributed by atoms with Gasteiger partial charge in [0.15, 0.2) is 0 Å². The van der Waals surface area contributed by atoms with Crippen LogP contribution in [0.5, 0.6) is 0 Å². The Kier molecular flexibility index (Phi) is 4.81. The third-order valence-corrected chi connectivity index (χ3v) is 5.87. The minimum Gasteiger partial charge on any atom is -0.354 e. The highest BCUT2D eigenvalue weighted by molar-refractivity contribution is 5.85. The Morgan fingerprint density at radius 2 is 2.19 bits per heavy atom. The van der Waals surface area contributed by atoms with Gasteiger partial charge in [0.05, 0.1) is 6.33 Å². The van der Waals surface area contributed by atoms with Crippen molar-refractivity contribution in [2.75, 3.05) is 19.6 Å². The Morgan fingerprint density at radius 3 is 2.92 bits per heavy atom. The first-order valence-electron chi connectivity index (χ1n) is 9.71. The number of hydrogen-bond donors (Lipinski definition) is 1. The zero-order valence-electron chi connectivity index (χ0n) is 15.5. The van der Waals surface area contributed by atoms with Gasteiger partial charge in [0.2, 0.25) is 5.91 Å². The van der Waals surface area contributed by atoms with Crippen LogP contribution < -0.4 is 5.32 Å². The Labute approximate surface area is 155 Å². The summed E-state index contributed by atoms with van der Waals surface area (Å²) in [6.07, 6.45) is 9.89. The van der Waals surface area contributed by atoms with E-state index in [9.17, 15) is 4.79 Å². The van der Waals surface area contributed by atoms with Crippen molar-refractivity contribution in [3.8, 4) is 0 Å². The fraction of sp³-hybridized carbons (Fsp3) is 0.524. The minimum atomic E-state index is -0.549. The maximum Gasteiger partial charge on any atom is 0.247 e. The number of imidazole rings is 1. The normalized spacial score (nSPS) is 23.7. The predicted molar refractivity (Wildman–Crippen MR) is 102 cm³/mol. The monoisotopic (exact) mass is 352 g/mol. The molecule has 1 unspecified atom stereocenters. The zero-order chi connectivity index (χ0) is 18.0. The average molecular weight is 352 g/mol. The first-order valence-corrected chi connectivity index (χ1v) is 9.71. The van der Waals surface area contributed by atoms with Crippen LogP contribution in [0, 0.1) is 12.8 Å². The highest BCUT2D eigenvalue weighted by Crippen LogP contribution is 2.32. The molecule has 5 heteroatoms. The van der Waals surface area contributed by atoms with Gasteiger partial charge in [-0.15, -0.1) is 0 Å². The third kappa shape index (κ3) is 3.54. The first kappa shape index (κ1) is 17.3. The van der Waals surface area contributed by atoms with Crippen molar-refractivity contribution in [3.05, 3.63) is 54.1 Å². The Morgan fingerprint density at radius 1 is 1.35 bits per heavy atom. The van der Waals surface area contributed by atoms with E-state index in [-0.39, 0.29) is 5.91 Å². The van der Waals surface area contributed by atoms with E-state index in [2.05, 4.69) is 46.4 Å². The van der Waals surface area contributed by atoms with E-state index in [0.29, 0.717) is 5.92 Å². The number of amides is 1. The number of piperidine rings is 1. The van der Waals surface area contributed by atoms with Gasteiger partial charge in [-0.25, -0.2) is 4.98 Å². The van der Waals surface area contributed by atoms with Crippen LogP contribution in [-0.4, -0.2) is 40.0 Å². The Bertz CT molecular complexity index is 753. The van der Waals surface area contributed by atoms with E-state index < -0.39 is 5.54 Å². The smallest absolute Gasteiger partial charge is 0.247 e. The van der Waals surface area contributed by atoms with Crippen LogP contribution in [0.15, 0.2) is 43.0 Å². The molecule has 2 aliphatic rings. The van der Waals surface area contributed by atoms with Crippen LogP contribution in [0.4, 0.5) is 0 Å². The number of rotatable bonds is 6. The summed E-state index contributed by atoms with van der Waals surface area (Å²) in [6.45, 7) is 5.62. The number of nitrogens with zero attached hydrogens (tertiary/aromatic N) is 3. The molecule has 2 fully saturated rings. The van der Waals surface area contributed by atoms with Gasteiger partial charge in [0.25, 0.3) is 0 Å². The fourth-order valence-electron chi connectivity index (χ4n) is 4.04. The Hall–Kier alpha value is -2.14. The number of benzene rings is 1. The largest absolute Gasteiger partial charge is 0.354 e. The van der Waals surface area contributed by atoms with Gasteiger partial charge in [0, 0.05) is 32.0 Å². The van der Waals surface area contributed by atoms with E-state index in [0.717, 1.165) is 39.0 Å². The van der Waals surface area contributed by atoms with Crippen LogP contribution in [0.25, 0.3) is 0 Å². The van der Waals surface area contributed by atoms with E-state index in [1.807, 2.05) is 10.8 Å². The molecule has 1 aromatic heterocycles. The molecule has 1 amide bonds. The summed E-state index contributed by atoms with van der Waals surface area (Å²) in [5.74, 6) is 0.835. The molecular formula is C21H28N4O. The third-order valence-electron chi connectivity index (χ3n) is 5.87. The van der Waals surface area contributed by atoms with Gasteiger partial charge in [-0.3, -0.25) is 9.69 Å². The van der Waals surface area contributed by atoms with Gasteiger partial charge in [-0.1, -0.05) is 24.3 Å². The molecule has 1 atom stereocenters. The van der Waals surface area contributed by atoms with Gasteiger partial charge >= 0.3 is 0 Å². The molecule has 5 nitrogen and oxygen atoms in total. The summed E-state index contributed by atoms with van der Waals surface area (Å²) in [7, 11) is 0. The van der Waals surface area contributed by atoms with Crippen molar-refractivity contribution >= 4 is 5.91 Å². The van der Waals surface area contributed by atoms with Gasteiger partial charge in [0.1, 0.15) is 5.54 Å². The van der Waals surface area contributed by atoms with Crippen LogP contribution in [-0.2, 0) is 16.9 Å². The lowest BCUT2D eigenvalue weighted by atomic mass is 9.87. The Balaban J connectivity index is 1.54.